The normalized spacial score (nSPS) is 13.9. The van der Waals surface area contributed by atoms with Crippen LogP contribution in [0.5, 0.6) is 0 Å². The zero-order valence-corrected chi connectivity index (χ0v) is 19.6. The minimum absolute atomic E-state index is 0.158. The number of β-amino-alcohol motifs (C(OH)–C–C–N with tert-alkyl or cyclic N) is 1. The van der Waals surface area contributed by atoms with Gasteiger partial charge in [0.1, 0.15) is 11.6 Å². The number of rotatable bonds is 10. The number of benzene rings is 1. The highest BCUT2D eigenvalue weighted by atomic mass is 16.3. The Morgan fingerprint density at radius 2 is 1.86 bits per heavy atom. The summed E-state index contributed by atoms with van der Waals surface area (Å²) < 4.78 is 0. The summed E-state index contributed by atoms with van der Waals surface area (Å²) >= 11 is 0. The standard InChI is InChI=1S/C25H30N8O2/c1-2-3-9-22-29-24(31-25(30-22)33-14-12-32(13-15-33)16-17-34)28-21-11-10-19(18-26-21)23(35)27-20-7-5-4-6-8-20/h2,4-8,10-11,18,34H,1,3,9,12-17H2,(H,27,35)(H,26,28,29,30,31). The van der Waals surface area contributed by atoms with Crippen LogP contribution in [0.2, 0.25) is 0 Å². The van der Waals surface area contributed by atoms with Crippen molar-refractivity contribution in [2.75, 3.05) is 54.9 Å². The summed E-state index contributed by atoms with van der Waals surface area (Å²) in [5, 5.41) is 15.2. The van der Waals surface area contributed by atoms with Crippen molar-refractivity contribution in [2.45, 2.75) is 12.8 Å². The van der Waals surface area contributed by atoms with Crippen molar-refractivity contribution in [2.24, 2.45) is 0 Å². The summed E-state index contributed by atoms with van der Waals surface area (Å²) in [6, 6.07) is 12.7. The van der Waals surface area contributed by atoms with Gasteiger partial charge in [0.05, 0.1) is 12.2 Å². The fourth-order valence-corrected chi connectivity index (χ4v) is 3.70. The predicted molar refractivity (Wildman–Crippen MR) is 136 cm³/mol. The average molecular weight is 475 g/mol. The Morgan fingerprint density at radius 3 is 2.54 bits per heavy atom. The highest BCUT2D eigenvalue weighted by molar-refractivity contribution is 6.04. The highest BCUT2D eigenvalue weighted by Crippen LogP contribution is 2.18. The zero-order chi connectivity index (χ0) is 24.5. The maximum atomic E-state index is 12.5. The molecule has 3 aromatic rings. The van der Waals surface area contributed by atoms with E-state index in [1.165, 1.54) is 6.20 Å². The molecule has 0 saturated carbocycles. The Bertz CT molecular complexity index is 1120. The van der Waals surface area contributed by atoms with Crippen LogP contribution in [0.15, 0.2) is 61.3 Å². The van der Waals surface area contributed by atoms with Gasteiger partial charge in [0.2, 0.25) is 11.9 Å². The van der Waals surface area contributed by atoms with E-state index in [2.05, 4.69) is 46.9 Å². The van der Waals surface area contributed by atoms with Crippen LogP contribution in [-0.4, -0.2) is 75.2 Å². The van der Waals surface area contributed by atoms with Crippen molar-refractivity contribution >= 4 is 29.3 Å². The smallest absolute Gasteiger partial charge is 0.257 e. The molecule has 10 heteroatoms. The van der Waals surface area contributed by atoms with Gasteiger partial charge in [-0.1, -0.05) is 24.3 Å². The summed E-state index contributed by atoms with van der Waals surface area (Å²) in [6.07, 6.45) is 4.77. The van der Waals surface area contributed by atoms with Crippen LogP contribution in [0.4, 0.5) is 23.4 Å². The van der Waals surface area contributed by atoms with E-state index >= 15 is 0 Å². The number of aliphatic hydroxyl groups is 1. The lowest BCUT2D eigenvalue weighted by molar-refractivity contribution is 0.102. The number of aromatic nitrogens is 4. The average Bonchev–Trinajstić information content (AvgIpc) is 2.89. The summed E-state index contributed by atoms with van der Waals surface area (Å²) in [5.74, 6) is 1.99. The summed E-state index contributed by atoms with van der Waals surface area (Å²) in [5.41, 5.74) is 1.17. The lowest BCUT2D eigenvalue weighted by Gasteiger charge is -2.34. The van der Waals surface area contributed by atoms with Gasteiger partial charge in [0, 0.05) is 51.0 Å². The molecule has 1 amide bonds. The van der Waals surface area contributed by atoms with Gasteiger partial charge in [0.15, 0.2) is 0 Å². The number of nitrogens with one attached hydrogen (secondary N) is 2. The minimum atomic E-state index is -0.232. The topological polar surface area (TPSA) is 119 Å². The van der Waals surface area contributed by atoms with Gasteiger partial charge in [-0.2, -0.15) is 15.0 Å². The first-order valence-corrected chi connectivity index (χ1v) is 11.7. The number of nitrogens with zero attached hydrogens (tertiary/aromatic N) is 6. The third-order valence-corrected chi connectivity index (χ3v) is 5.61. The number of pyridine rings is 1. The summed E-state index contributed by atoms with van der Waals surface area (Å²) in [7, 11) is 0. The van der Waals surface area contributed by atoms with Crippen molar-refractivity contribution in [1.82, 2.24) is 24.8 Å². The maximum absolute atomic E-state index is 12.5. The van der Waals surface area contributed by atoms with Crippen molar-refractivity contribution < 1.29 is 9.90 Å². The molecule has 3 N–H and O–H groups in total. The SMILES string of the molecule is C=CCCc1nc(Nc2ccc(C(=O)Nc3ccccc3)cn2)nc(N2CCN(CCO)CC2)n1. The molecule has 1 fully saturated rings. The molecule has 1 aromatic carbocycles. The summed E-state index contributed by atoms with van der Waals surface area (Å²) in [6.45, 7) is 7.84. The number of para-hydroxylation sites is 1. The van der Waals surface area contributed by atoms with Crippen molar-refractivity contribution in [1.29, 1.82) is 0 Å². The van der Waals surface area contributed by atoms with E-state index in [4.69, 9.17) is 0 Å². The van der Waals surface area contributed by atoms with E-state index in [-0.39, 0.29) is 12.5 Å². The van der Waals surface area contributed by atoms with E-state index in [1.54, 1.807) is 12.1 Å². The van der Waals surface area contributed by atoms with Crippen molar-refractivity contribution in [3.8, 4) is 0 Å². The van der Waals surface area contributed by atoms with Crippen LogP contribution < -0.4 is 15.5 Å². The number of amides is 1. The molecule has 0 atom stereocenters. The van der Waals surface area contributed by atoms with Crippen molar-refractivity contribution in [3.05, 3.63) is 72.7 Å². The number of carbonyl (C=O) groups is 1. The van der Waals surface area contributed by atoms with Crippen LogP contribution in [-0.2, 0) is 6.42 Å². The molecule has 1 saturated heterocycles. The number of anilines is 4. The van der Waals surface area contributed by atoms with E-state index < -0.39 is 0 Å². The Balaban J connectivity index is 1.46. The molecule has 3 heterocycles. The first-order valence-electron chi connectivity index (χ1n) is 11.7. The van der Waals surface area contributed by atoms with E-state index in [1.807, 2.05) is 36.4 Å². The number of carbonyl (C=O) groups excluding carboxylic acids is 1. The van der Waals surface area contributed by atoms with Gasteiger partial charge < -0.3 is 20.6 Å². The lowest BCUT2D eigenvalue weighted by atomic mass is 10.2. The minimum Gasteiger partial charge on any atom is -0.395 e. The van der Waals surface area contributed by atoms with Crippen molar-refractivity contribution in [3.63, 3.8) is 0 Å². The predicted octanol–water partition coefficient (Wildman–Crippen LogP) is 2.50. The van der Waals surface area contributed by atoms with Crippen LogP contribution in [0.3, 0.4) is 0 Å². The first kappa shape index (κ1) is 24.2. The first-order chi connectivity index (χ1) is 17.1. The fraction of sp³-hybridized carbons (Fsp3) is 0.320. The molecule has 0 spiro atoms. The molecule has 0 aliphatic carbocycles. The highest BCUT2D eigenvalue weighted by Gasteiger charge is 2.20. The number of allylic oxidation sites excluding steroid dienone is 1. The Morgan fingerprint density at radius 1 is 1.06 bits per heavy atom. The van der Waals surface area contributed by atoms with Crippen LogP contribution in [0.25, 0.3) is 0 Å². The molecule has 35 heavy (non-hydrogen) atoms. The van der Waals surface area contributed by atoms with E-state index in [0.717, 1.165) is 38.3 Å². The maximum Gasteiger partial charge on any atom is 0.257 e. The molecule has 10 nitrogen and oxygen atoms in total. The van der Waals surface area contributed by atoms with E-state index in [9.17, 15) is 9.90 Å². The Hall–Kier alpha value is -3.89. The third-order valence-electron chi connectivity index (χ3n) is 5.61. The van der Waals surface area contributed by atoms with Gasteiger partial charge in [-0.05, 0) is 30.7 Å². The second-order valence-electron chi connectivity index (χ2n) is 8.13. The van der Waals surface area contributed by atoms with Gasteiger partial charge in [0.25, 0.3) is 5.91 Å². The monoisotopic (exact) mass is 474 g/mol. The molecule has 2 aromatic heterocycles. The van der Waals surface area contributed by atoms with Gasteiger partial charge >= 0.3 is 0 Å². The van der Waals surface area contributed by atoms with Gasteiger partial charge in [-0.15, -0.1) is 6.58 Å². The largest absolute Gasteiger partial charge is 0.395 e. The molecular formula is C25H30N8O2. The van der Waals surface area contributed by atoms with Gasteiger partial charge in [-0.3, -0.25) is 9.69 Å². The second-order valence-corrected chi connectivity index (χ2v) is 8.13. The number of hydrogen-bond acceptors (Lipinski definition) is 9. The summed E-state index contributed by atoms with van der Waals surface area (Å²) in [4.78, 5) is 35.0. The lowest BCUT2D eigenvalue weighted by Crippen LogP contribution is -2.47. The Labute approximate surface area is 204 Å². The third kappa shape index (κ3) is 6.81. The molecule has 1 aliphatic heterocycles. The Kier molecular flexibility index (Phi) is 8.31. The van der Waals surface area contributed by atoms with Crippen LogP contribution >= 0.6 is 0 Å². The molecule has 4 rings (SSSR count). The molecule has 0 unspecified atom stereocenters. The molecular weight excluding hydrogens is 444 g/mol. The zero-order valence-electron chi connectivity index (χ0n) is 19.6. The molecule has 182 valence electrons. The molecule has 0 radical (unpaired) electrons. The molecule has 0 bridgehead atoms. The second kappa shape index (κ2) is 12.0. The molecule has 1 aliphatic rings. The quantitative estimate of drug-likeness (QED) is 0.381. The van der Waals surface area contributed by atoms with Crippen LogP contribution in [0.1, 0.15) is 22.6 Å². The van der Waals surface area contributed by atoms with Gasteiger partial charge in [-0.25, -0.2) is 4.98 Å². The fourth-order valence-electron chi connectivity index (χ4n) is 3.70. The van der Waals surface area contributed by atoms with Crippen LogP contribution in [0, 0.1) is 0 Å². The van der Waals surface area contributed by atoms with E-state index in [0.29, 0.717) is 42.1 Å². The number of aryl methyl sites for hydroxylation is 1. The number of aliphatic hydroxyl groups excluding tert-OH is 1. The number of piperazine rings is 1. The number of hydrogen-bond donors (Lipinski definition) is 3.